The zero-order valence-corrected chi connectivity index (χ0v) is 14.9. The minimum Gasteiger partial charge on any atom is -0.477 e. The second-order valence-corrected chi connectivity index (χ2v) is 8.40. The normalized spacial score (nSPS) is 32.3. The summed E-state index contributed by atoms with van der Waals surface area (Å²) < 4.78 is 81.6. The number of carbonyl (C=O) groups excluding carboxylic acids is 2. The van der Waals surface area contributed by atoms with Crippen molar-refractivity contribution in [3.05, 3.63) is 0 Å². The van der Waals surface area contributed by atoms with Gasteiger partial charge in [-0.3, -0.25) is 14.5 Å². The molecule has 0 aliphatic heterocycles. The Hall–Kier alpha value is -1.81. The zero-order valence-electron chi connectivity index (χ0n) is 14.9. The lowest BCUT2D eigenvalue weighted by molar-refractivity contribution is -0.295. The molecule has 5 nitrogen and oxygen atoms in total. The van der Waals surface area contributed by atoms with Crippen LogP contribution in [0.2, 0.25) is 0 Å². The summed E-state index contributed by atoms with van der Waals surface area (Å²) in [5.41, 5.74) is -1.14. The average molecular weight is 415 g/mol. The maximum Gasteiger partial charge on any atom is 0.411 e. The summed E-state index contributed by atoms with van der Waals surface area (Å²) in [5, 5.41) is 8.17. The van der Waals surface area contributed by atoms with Crippen LogP contribution in [0, 0.1) is 23.2 Å². The Morgan fingerprint density at radius 3 is 1.61 bits per heavy atom. The second kappa shape index (κ2) is 6.09. The lowest BCUT2D eigenvalue weighted by Gasteiger charge is -2.56. The third-order valence-electron chi connectivity index (χ3n) is 6.43. The minimum atomic E-state index is -6.51. The third kappa shape index (κ3) is 2.72. The van der Waals surface area contributed by atoms with Gasteiger partial charge in [-0.25, -0.2) is 4.79 Å². The highest BCUT2D eigenvalue weighted by Crippen LogP contribution is 2.60. The van der Waals surface area contributed by atoms with E-state index in [1.165, 1.54) is 0 Å². The van der Waals surface area contributed by atoms with E-state index in [1.54, 1.807) is 0 Å². The van der Waals surface area contributed by atoms with Gasteiger partial charge in [0.05, 0.1) is 5.41 Å². The van der Waals surface area contributed by atoms with Crippen LogP contribution in [0.1, 0.15) is 38.5 Å². The number of aliphatic carboxylic acids is 1. The molecule has 158 valence electrons. The molecule has 0 radical (unpaired) electrons. The Morgan fingerprint density at radius 1 is 0.857 bits per heavy atom. The van der Waals surface area contributed by atoms with Gasteiger partial charge >= 0.3 is 29.6 Å². The smallest absolute Gasteiger partial charge is 0.411 e. The molecular formula is C17H19F6NO4. The van der Waals surface area contributed by atoms with E-state index in [0.717, 1.165) is 19.3 Å². The van der Waals surface area contributed by atoms with Crippen molar-refractivity contribution in [2.24, 2.45) is 23.2 Å². The number of carbonyl (C=O) groups is 3. The number of carboxylic acid groups (broad SMARTS) is 1. The number of nitrogens with zero attached hydrogens (tertiary/aromatic N) is 1. The van der Waals surface area contributed by atoms with E-state index in [0.29, 0.717) is 26.3 Å². The largest absolute Gasteiger partial charge is 0.477 e. The Morgan fingerprint density at radius 2 is 1.25 bits per heavy atom. The molecule has 4 aliphatic carbocycles. The molecular weight excluding hydrogens is 396 g/mol. The van der Waals surface area contributed by atoms with Crippen molar-refractivity contribution in [1.82, 2.24) is 4.90 Å². The van der Waals surface area contributed by atoms with E-state index >= 15 is 0 Å². The molecule has 2 amide bonds. The molecule has 4 fully saturated rings. The summed E-state index contributed by atoms with van der Waals surface area (Å²) in [5.74, 6) is -25.7. The lowest BCUT2D eigenvalue weighted by atomic mass is 9.49. The van der Waals surface area contributed by atoms with Crippen molar-refractivity contribution in [3.8, 4) is 0 Å². The molecule has 4 rings (SSSR count). The van der Waals surface area contributed by atoms with E-state index in [1.807, 2.05) is 0 Å². The monoisotopic (exact) mass is 415 g/mol. The Balaban J connectivity index is 1.86. The first-order chi connectivity index (χ1) is 12.7. The van der Waals surface area contributed by atoms with Crippen LogP contribution in [0.25, 0.3) is 0 Å². The Kier molecular flexibility index (Phi) is 4.55. The SMILES string of the molecule is CN(C(=O)C12CC3CC(CC(C3)C1)C2)C(=O)C(F)(F)C(F)(F)C(F)(F)C(=O)O. The standard InChI is InChI=1S/C17H19F6NO4/c1-24(12(26)15(18,19)17(22,23)16(20,21)13(27)28)11(25)14-5-8-2-9(6-14)4-10(3-8)7-14/h8-10H,2-7H2,1H3,(H,27,28). The molecule has 28 heavy (non-hydrogen) atoms. The van der Waals surface area contributed by atoms with Gasteiger partial charge in [0.15, 0.2) is 0 Å². The van der Waals surface area contributed by atoms with Crippen LogP contribution in [0.15, 0.2) is 0 Å². The van der Waals surface area contributed by atoms with E-state index in [4.69, 9.17) is 5.11 Å². The van der Waals surface area contributed by atoms with Crippen LogP contribution in [-0.4, -0.2) is 52.6 Å². The van der Waals surface area contributed by atoms with E-state index in [9.17, 15) is 40.7 Å². The maximum atomic E-state index is 14.0. The van der Waals surface area contributed by atoms with Gasteiger partial charge in [0, 0.05) is 7.05 Å². The van der Waals surface area contributed by atoms with E-state index < -0.39 is 41.0 Å². The fraction of sp³-hybridized carbons (Fsp3) is 0.824. The van der Waals surface area contributed by atoms with Crippen LogP contribution >= 0.6 is 0 Å². The molecule has 0 aromatic heterocycles. The predicted octanol–water partition coefficient (Wildman–Crippen LogP) is 3.18. The lowest BCUT2D eigenvalue weighted by Crippen LogP contribution is -2.65. The highest BCUT2D eigenvalue weighted by Gasteiger charge is 2.79. The quantitative estimate of drug-likeness (QED) is 0.700. The van der Waals surface area contributed by atoms with Gasteiger partial charge in [0.1, 0.15) is 0 Å². The molecule has 0 aromatic rings. The van der Waals surface area contributed by atoms with Gasteiger partial charge < -0.3 is 5.11 Å². The van der Waals surface area contributed by atoms with Gasteiger partial charge in [0.25, 0.3) is 0 Å². The van der Waals surface area contributed by atoms with Gasteiger partial charge in [0.2, 0.25) is 5.91 Å². The fourth-order valence-electron chi connectivity index (χ4n) is 5.50. The Bertz CT molecular complexity index is 687. The molecule has 0 atom stereocenters. The van der Waals surface area contributed by atoms with E-state index in [2.05, 4.69) is 0 Å². The number of hydrogen-bond acceptors (Lipinski definition) is 3. The van der Waals surface area contributed by atoms with Crippen LogP contribution in [0.3, 0.4) is 0 Å². The molecule has 0 saturated heterocycles. The molecule has 4 saturated carbocycles. The van der Waals surface area contributed by atoms with Crippen LogP contribution in [-0.2, 0) is 14.4 Å². The first-order valence-corrected chi connectivity index (χ1v) is 8.85. The highest BCUT2D eigenvalue weighted by atomic mass is 19.3. The third-order valence-corrected chi connectivity index (χ3v) is 6.43. The van der Waals surface area contributed by atoms with Gasteiger partial charge in [-0.05, 0) is 56.3 Å². The zero-order chi connectivity index (χ0) is 21.3. The molecule has 1 N–H and O–H groups in total. The molecule has 11 heteroatoms. The predicted molar refractivity (Wildman–Crippen MR) is 80.9 cm³/mol. The second-order valence-electron chi connectivity index (χ2n) is 8.40. The number of amides is 2. The maximum absolute atomic E-state index is 14.0. The number of halogens is 6. The number of rotatable bonds is 5. The van der Waals surface area contributed by atoms with Crippen LogP contribution < -0.4 is 0 Å². The van der Waals surface area contributed by atoms with Crippen molar-refractivity contribution < 1.29 is 45.8 Å². The van der Waals surface area contributed by atoms with Crippen molar-refractivity contribution in [1.29, 1.82) is 0 Å². The van der Waals surface area contributed by atoms with Crippen molar-refractivity contribution in [3.63, 3.8) is 0 Å². The van der Waals surface area contributed by atoms with Crippen molar-refractivity contribution >= 4 is 17.8 Å². The first kappa shape index (κ1) is 20.9. The van der Waals surface area contributed by atoms with Crippen molar-refractivity contribution in [2.75, 3.05) is 7.05 Å². The minimum absolute atomic E-state index is 0.178. The molecule has 0 aromatic carbocycles. The molecule has 0 spiro atoms. The summed E-state index contributed by atoms with van der Waals surface area (Å²) in [7, 11) is 0.548. The summed E-state index contributed by atoms with van der Waals surface area (Å²) >= 11 is 0. The number of carboxylic acids is 1. The molecule has 4 bridgehead atoms. The molecule has 0 heterocycles. The highest BCUT2D eigenvalue weighted by molar-refractivity contribution is 6.01. The number of alkyl halides is 6. The number of hydrogen-bond donors (Lipinski definition) is 1. The van der Waals surface area contributed by atoms with Crippen molar-refractivity contribution in [2.45, 2.75) is 56.3 Å². The van der Waals surface area contributed by atoms with Crippen LogP contribution in [0.5, 0.6) is 0 Å². The van der Waals surface area contributed by atoms with Crippen LogP contribution in [0.4, 0.5) is 26.3 Å². The topological polar surface area (TPSA) is 74.7 Å². The summed E-state index contributed by atoms with van der Waals surface area (Å²) in [6.07, 6.45) is 3.64. The molecule has 4 aliphatic rings. The van der Waals surface area contributed by atoms with Gasteiger partial charge in [-0.15, -0.1) is 0 Å². The first-order valence-electron chi connectivity index (χ1n) is 8.85. The molecule has 0 unspecified atom stereocenters. The Labute approximate surface area is 156 Å². The number of imide groups is 1. The summed E-state index contributed by atoms with van der Waals surface area (Å²) in [4.78, 5) is 34.9. The summed E-state index contributed by atoms with van der Waals surface area (Å²) in [6.45, 7) is 0. The fourth-order valence-corrected chi connectivity index (χ4v) is 5.50. The average Bonchev–Trinajstić information content (AvgIpc) is 2.58. The van der Waals surface area contributed by atoms with Gasteiger partial charge in [-0.1, -0.05) is 0 Å². The van der Waals surface area contributed by atoms with Gasteiger partial charge in [-0.2, -0.15) is 26.3 Å². The summed E-state index contributed by atoms with van der Waals surface area (Å²) in [6, 6.07) is 0. The van der Waals surface area contributed by atoms with E-state index in [-0.39, 0.29) is 22.7 Å².